The molecule has 0 amide bonds. The van der Waals surface area contributed by atoms with E-state index in [1.807, 2.05) is 0 Å². The molecule has 0 saturated heterocycles. The number of hydrogen-bond acceptors (Lipinski definition) is 2. The molecule has 0 fully saturated rings. The third-order valence-corrected chi connectivity index (χ3v) is 4.33. The fraction of sp³-hybridized carbons (Fsp3) is 0.579. The van der Waals surface area contributed by atoms with E-state index in [4.69, 9.17) is 4.74 Å². The number of aromatic nitrogens is 1. The van der Waals surface area contributed by atoms with Crippen LogP contribution in [0.25, 0.3) is 10.9 Å². The van der Waals surface area contributed by atoms with Crippen molar-refractivity contribution in [3.8, 4) is 5.75 Å². The molecule has 0 aliphatic carbocycles. The van der Waals surface area contributed by atoms with Crippen molar-refractivity contribution < 1.29 is 4.74 Å². The van der Waals surface area contributed by atoms with Crippen LogP contribution in [0.5, 0.6) is 5.75 Å². The Hall–Kier alpha value is -1.48. The summed E-state index contributed by atoms with van der Waals surface area (Å²) < 4.78 is 8.44. The van der Waals surface area contributed by atoms with Gasteiger partial charge in [0.05, 0.1) is 6.10 Å². The second-order valence-corrected chi connectivity index (χ2v) is 6.32. The van der Waals surface area contributed by atoms with Crippen LogP contribution in [0.3, 0.4) is 0 Å². The first kappa shape index (κ1) is 16.9. The Kier molecular flexibility index (Phi) is 5.52. The van der Waals surface area contributed by atoms with E-state index < -0.39 is 0 Å². The second-order valence-electron chi connectivity index (χ2n) is 6.32. The molecular weight excluding hydrogens is 272 g/mol. The minimum atomic E-state index is 0.253. The summed E-state index contributed by atoms with van der Waals surface area (Å²) in [6.07, 6.45) is 1.27. The lowest BCUT2D eigenvalue weighted by Crippen LogP contribution is -2.13. The van der Waals surface area contributed by atoms with Crippen molar-refractivity contribution in [2.24, 2.45) is 0 Å². The molecule has 0 saturated carbocycles. The zero-order valence-corrected chi connectivity index (χ0v) is 14.9. The fourth-order valence-electron chi connectivity index (χ4n) is 3.02. The minimum absolute atomic E-state index is 0.253. The van der Waals surface area contributed by atoms with Gasteiger partial charge >= 0.3 is 0 Å². The highest BCUT2D eigenvalue weighted by atomic mass is 16.5. The van der Waals surface area contributed by atoms with Gasteiger partial charge in [0.1, 0.15) is 5.75 Å². The van der Waals surface area contributed by atoms with Gasteiger partial charge in [-0.05, 0) is 64.4 Å². The number of fused-ring (bicyclic) bond motifs is 1. The largest absolute Gasteiger partial charge is 0.491 e. The molecule has 1 aromatic heterocycles. The van der Waals surface area contributed by atoms with Crippen molar-refractivity contribution in [1.29, 1.82) is 0 Å². The Bertz CT molecular complexity index is 628. The van der Waals surface area contributed by atoms with E-state index in [0.29, 0.717) is 6.04 Å². The molecule has 0 spiro atoms. The van der Waals surface area contributed by atoms with Gasteiger partial charge in [0.15, 0.2) is 0 Å². The summed E-state index contributed by atoms with van der Waals surface area (Å²) in [5.41, 5.74) is 4.05. The number of hydrogen-bond donors (Lipinski definition) is 1. The summed E-state index contributed by atoms with van der Waals surface area (Å²) in [5, 5.41) is 4.78. The summed E-state index contributed by atoms with van der Waals surface area (Å²) in [4.78, 5) is 0. The average Bonchev–Trinajstić information content (AvgIpc) is 2.76. The monoisotopic (exact) mass is 302 g/mol. The second kappa shape index (κ2) is 7.19. The van der Waals surface area contributed by atoms with Crippen molar-refractivity contribution in [3.63, 3.8) is 0 Å². The first-order valence-corrected chi connectivity index (χ1v) is 8.50. The van der Waals surface area contributed by atoms with Crippen molar-refractivity contribution >= 4 is 10.9 Å². The van der Waals surface area contributed by atoms with E-state index in [-0.39, 0.29) is 6.10 Å². The molecule has 1 atom stereocenters. The highest BCUT2D eigenvalue weighted by molar-refractivity contribution is 5.87. The molecule has 2 rings (SSSR count). The highest BCUT2D eigenvalue weighted by Gasteiger charge is 2.16. The molecule has 0 bridgehead atoms. The van der Waals surface area contributed by atoms with Crippen LogP contribution < -0.4 is 10.1 Å². The van der Waals surface area contributed by atoms with Crippen molar-refractivity contribution in [2.45, 2.75) is 66.7 Å². The van der Waals surface area contributed by atoms with Crippen LogP contribution in [0.2, 0.25) is 0 Å². The predicted octanol–water partition coefficient (Wildman–Crippen LogP) is 4.82. The summed E-state index contributed by atoms with van der Waals surface area (Å²) in [5.74, 6) is 0.973. The van der Waals surface area contributed by atoms with Gasteiger partial charge in [-0.15, -0.1) is 0 Å². The van der Waals surface area contributed by atoms with E-state index in [1.165, 1.54) is 22.2 Å². The number of nitrogens with zero attached hydrogens (tertiary/aromatic N) is 1. The zero-order valence-electron chi connectivity index (χ0n) is 14.9. The highest BCUT2D eigenvalue weighted by Crippen LogP contribution is 2.32. The molecule has 122 valence electrons. The van der Waals surface area contributed by atoms with Crippen LogP contribution in [-0.4, -0.2) is 17.2 Å². The Morgan fingerprint density at radius 3 is 2.50 bits per heavy atom. The van der Waals surface area contributed by atoms with E-state index in [0.717, 1.165) is 25.3 Å². The van der Waals surface area contributed by atoms with Crippen molar-refractivity contribution in [2.75, 3.05) is 6.54 Å². The van der Waals surface area contributed by atoms with E-state index in [1.54, 1.807) is 0 Å². The molecule has 2 aromatic rings. The van der Waals surface area contributed by atoms with Gasteiger partial charge in [0, 0.05) is 29.2 Å². The number of nitrogens with one attached hydrogen (secondary N) is 1. The van der Waals surface area contributed by atoms with Gasteiger partial charge in [-0.2, -0.15) is 0 Å². The third kappa shape index (κ3) is 3.30. The summed E-state index contributed by atoms with van der Waals surface area (Å²) in [6, 6.07) is 6.97. The Morgan fingerprint density at radius 1 is 1.18 bits per heavy atom. The van der Waals surface area contributed by atoms with Crippen LogP contribution in [0.15, 0.2) is 18.2 Å². The first-order chi connectivity index (χ1) is 10.5. The zero-order chi connectivity index (χ0) is 16.3. The van der Waals surface area contributed by atoms with Crippen molar-refractivity contribution in [1.82, 2.24) is 9.88 Å². The molecule has 1 heterocycles. The molecule has 1 aromatic carbocycles. The van der Waals surface area contributed by atoms with Gasteiger partial charge in [0.2, 0.25) is 0 Å². The average molecular weight is 302 g/mol. The molecule has 0 radical (unpaired) electrons. The number of benzene rings is 1. The van der Waals surface area contributed by atoms with Gasteiger partial charge in [-0.3, -0.25) is 0 Å². The predicted molar refractivity (Wildman–Crippen MR) is 94.8 cm³/mol. The molecule has 0 aliphatic heterocycles. The SMILES string of the molecule is CCNCc1c(C)n(C(C)C)c2ccc(OC(C)CC)cc12. The maximum atomic E-state index is 6.01. The maximum absolute atomic E-state index is 6.01. The molecule has 1 unspecified atom stereocenters. The quantitative estimate of drug-likeness (QED) is 0.793. The molecule has 22 heavy (non-hydrogen) atoms. The Morgan fingerprint density at radius 2 is 1.91 bits per heavy atom. The molecule has 3 heteroatoms. The smallest absolute Gasteiger partial charge is 0.120 e. The molecular formula is C19H30N2O. The normalized spacial score (nSPS) is 13.0. The molecule has 3 nitrogen and oxygen atoms in total. The topological polar surface area (TPSA) is 26.2 Å². The fourth-order valence-corrected chi connectivity index (χ4v) is 3.02. The van der Waals surface area contributed by atoms with Crippen LogP contribution in [0, 0.1) is 6.92 Å². The molecule has 1 N–H and O–H groups in total. The number of ether oxygens (including phenoxy) is 1. The summed E-state index contributed by atoms with van der Waals surface area (Å²) in [7, 11) is 0. The van der Waals surface area contributed by atoms with Crippen LogP contribution in [0.4, 0.5) is 0 Å². The lowest BCUT2D eigenvalue weighted by Gasteiger charge is -2.14. The maximum Gasteiger partial charge on any atom is 0.120 e. The van der Waals surface area contributed by atoms with Crippen LogP contribution in [0.1, 0.15) is 58.3 Å². The minimum Gasteiger partial charge on any atom is -0.491 e. The Labute approximate surface area is 134 Å². The lowest BCUT2D eigenvalue weighted by atomic mass is 10.1. The van der Waals surface area contributed by atoms with Crippen LogP contribution >= 0.6 is 0 Å². The van der Waals surface area contributed by atoms with E-state index in [9.17, 15) is 0 Å². The van der Waals surface area contributed by atoms with E-state index in [2.05, 4.69) is 69.6 Å². The summed E-state index contributed by atoms with van der Waals surface area (Å²) >= 11 is 0. The molecule has 0 aliphatic rings. The van der Waals surface area contributed by atoms with E-state index >= 15 is 0 Å². The lowest BCUT2D eigenvalue weighted by molar-refractivity contribution is 0.217. The summed E-state index contributed by atoms with van der Waals surface area (Å²) in [6.45, 7) is 15.0. The van der Waals surface area contributed by atoms with Gasteiger partial charge in [-0.25, -0.2) is 0 Å². The standard InChI is InChI=1S/C19H30N2O/c1-7-14(5)22-16-9-10-19-17(11-16)18(12-20-8-2)15(6)21(19)13(3)4/h9-11,13-14,20H,7-8,12H2,1-6H3. The third-order valence-electron chi connectivity index (χ3n) is 4.33. The van der Waals surface area contributed by atoms with Crippen LogP contribution in [-0.2, 0) is 6.54 Å². The Balaban J connectivity index is 2.52. The number of rotatable bonds is 7. The first-order valence-electron chi connectivity index (χ1n) is 8.50. The van der Waals surface area contributed by atoms with Gasteiger partial charge in [0.25, 0.3) is 0 Å². The van der Waals surface area contributed by atoms with Gasteiger partial charge in [-0.1, -0.05) is 13.8 Å². The van der Waals surface area contributed by atoms with Gasteiger partial charge < -0.3 is 14.6 Å². The van der Waals surface area contributed by atoms with Crippen molar-refractivity contribution in [3.05, 3.63) is 29.5 Å².